The molecule has 2 N–H and O–H groups in total. The Bertz CT molecular complexity index is 513. The van der Waals surface area contributed by atoms with Gasteiger partial charge in [0.25, 0.3) is 5.91 Å². The first-order chi connectivity index (χ1) is 8.25. The number of nitrogens with zero attached hydrogens (tertiary/aromatic N) is 2. The molecule has 1 aromatic carbocycles. The van der Waals surface area contributed by atoms with Crippen LogP contribution in [0.4, 0.5) is 5.69 Å². The van der Waals surface area contributed by atoms with Crippen molar-refractivity contribution in [1.82, 2.24) is 15.4 Å². The first kappa shape index (κ1) is 11.1. The molecule has 0 bridgehead atoms. The predicted molar refractivity (Wildman–Crippen MR) is 64.3 cm³/mol. The van der Waals surface area contributed by atoms with Gasteiger partial charge in [0.15, 0.2) is 0 Å². The van der Waals surface area contributed by atoms with Crippen LogP contribution in [0.15, 0.2) is 42.9 Å². The molecule has 1 aromatic heterocycles. The molecular weight excluding hydrogens is 216 g/mol. The van der Waals surface area contributed by atoms with Crippen LogP contribution >= 0.6 is 0 Å². The van der Waals surface area contributed by atoms with Gasteiger partial charge in [0.1, 0.15) is 12.0 Å². The third-order valence-corrected chi connectivity index (χ3v) is 2.15. The third kappa shape index (κ3) is 3.01. The highest BCUT2D eigenvalue weighted by Crippen LogP contribution is 2.07. The van der Waals surface area contributed by atoms with Gasteiger partial charge in [-0.25, -0.2) is 9.97 Å². The van der Waals surface area contributed by atoms with Gasteiger partial charge in [0.2, 0.25) is 0 Å². The van der Waals surface area contributed by atoms with Crippen LogP contribution in [-0.2, 0) is 0 Å². The summed E-state index contributed by atoms with van der Waals surface area (Å²) in [5.41, 5.74) is 7.65. The van der Waals surface area contributed by atoms with Crippen molar-refractivity contribution in [3.05, 3.63) is 54.1 Å². The second-order valence-electron chi connectivity index (χ2n) is 3.54. The number of hydrazine groups is 1. The number of carbonyl (C=O) groups excluding carboxylic acids is 1. The first-order valence-corrected chi connectivity index (χ1v) is 5.15. The molecule has 0 spiro atoms. The van der Waals surface area contributed by atoms with E-state index in [-0.39, 0.29) is 5.91 Å². The number of aromatic nitrogens is 2. The van der Waals surface area contributed by atoms with Crippen molar-refractivity contribution >= 4 is 11.6 Å². The molecule has 2 aromatic rings. The van der Waals surface area contributed by atoms with Crippen molar-refractivity contribution in [2.75, 3.05) is 5.43 Å². The van der Waals surface area contributed by atoms with E-state index < -0.39 is 0 Å². The molecule has 0 atom stereocenters. The Morgan fingerprint density at radius 3 is 2.88 bits per heavy atom. The zero-order valence-corrected chi connectivity index (χ0v) is 9.34. The summed E-state index contributed by atoms with van der Waals surface area (Å²) in [4.78, 5) is 19.2. The maximum atomic E-state index is 11.6. The second kappa shape index (κ2) is 5.07. The lowest BCUT2D eigenvalue weighted by Gasteiger charge is -2.08. The minimum Gasteiger partial charge on any atom is -0.298 e. The molecule has 5 nitrogen and oxygen atoms in total. The molecule has 0 radical (unpaired) electrons. The van der Waals surface area contributed by atoms with E-state index in [0.717, 1.165) is 11.3 Å². The summed E-state index contributed by atoms with van der Waals surface area (Å²) in [6.45, 7) is 1.98. The van der Waals surface area contributed by atoms with Crippen LogP contribution in [0.2, 0.25) is 0 Å². The van der Waals surface area contributed by atoms with E-state index in [4.69, 9.17) is 0 Å². The average Bonchev–Trinajstić information content (AvgIpc) is 2.37. The van der Waals surface area contributed by atoms with Gasteiger partial charge >= 0.3 is 0 Å². The molecule has 0 aliphatic carbocycles. The Morgan fingerprint density at radius 2 is 2.18 bits per heavy atom. The van der Waals surface area contributed by atoms with Gasteiger partial charge < -0.3 is 0 Å². The second-order valence-corrected chi connectivity index (χ2v) is 3.54. The summed E-state index contributed by atoms with van der Waals surface area (Å²) in [5.74, 6) is -0.297. The van der Waals surface area contributed by atoms with Crippen LogP contribution in [-0.4, -0.2) is 15.9 Å². The number of hydrogen-bond acceptors (Lipinski definition) is 4. The topological polar surface area (TPSA) is 66.9 Å². The number of carbonyl (C=O) groups is 1. The minimum absolute atomic E-state index is 0.297. The van der Waals surface area contributed by atoms with Gasteiger partial charge in [0, 0.05) is 6.20 Å². The van der Waals surface area contributed by atoms with Gasteiger partial charge in [-0.15, -0.1) is 0 Å². The summed E-state index contributed by atoms with van der Waals surface area (Å²) in [6.07, 6.45) is 2.86. The van der Waals surface area contributed by atoms with Crippen LogP contribution < -0.4 is 10.9 Å². The molecule has 0 saturated carbocycles. The minimum atomic E-state index is -0.297. The van der Waals surface area contributed by atoms with Gasteiger partial charge in [-0.2, -0.15) is 0 Å². The lowest BCUT2D eigenvalue weighted by molar-refractivity contribution is 0.0957. The molecule has 0 fully saturated rings. The summed E-state index contributed by atoms with van der Waals surface area (Å²) >= 11 is 0. The molecule has 1 heterocycles. The number of hydrogen-bond donors (Lipinski definition) is 2. The molecule has 1 amide bonds. The first-order valence-electron chi connectivity index (χ1n) is 5.15. The van der Waals surface area contributed by atoms with E-state index in [9.17, 15) is 4.79 Å². The molecule has 0 aliphatic heterocycles. The third-order valence-electron chi connectivity index (χ3n) is 2.15. The highest BCUT2D eigenvalue weighted by molar-refractivity contribution is 5.92. The summed E-state index contributed by atoms with van der Waals surface area (Å²) < 4.78 is 0. The van der Waals surface area contributed by atoms with Crippen LogP contribution in [0.3, 0.4) is 0 Å². The number of amides is 1. The fourth-order valence-corrected chi connectivity index (χ4v) is 1.34. The SMILES string of the molecule is Cc1cccc(NNC(=O)c2ccncn2)c1. The molecular formula is C12H12N4O. The highest BCUT2D eigenvalue weighted by Gasteiger charge is 2.04. The fraction of sp³-hybridized carbons (Fsp3) is 0.0833. The predicted octanol–water partition coefficient (Wildman–Crippen LogP) is 1.54. The Kier molecular flexibility index (Phi) is 3.30. The van der Waals surface area contributed by atoms with Crippen molar-refractivity contribution in [3.8, 4) is 0 Å². The van der Waals surface area contributed by atoms with Crippen LogP contribution in [0.25, 0.3) is 0 Å². The zero-order chi connectivity index (χ0) is 12.1. The molecule has 86 valence electrons. The van der Waals surface area contributed by atoms with Crippen molar-refractivity contribution in [1.29, 1.82) is 0 Å². The van der Waals surface area contributed by atoms with E-state index in [1.54, 1.807) is 6.07 Å². The maximum absolute atomic E-state index is 11.6. The lowest BCUT2D eigenvalue weighted by Crippen LogP contribution is -2.30. The molecule has 2 rings (SSSR count). The normalized spacial score (nSPS) is 9.71. The van der Waals surface area contributed by atoms with E-state index in [1.165, 1.54) is 12.5 Å². The van der Waals surface area contributed by atoms with Crippen LogP contribution in [0.1, 0.15) is 16.1 Å². The quantitative estimate of drug-likeness (QED) is 0.782. The van der Waals surface area contributed by atoms with Gasteiger partial charge in [-0.1, -0.05) is 12.1 Å². The van der Waals surface area contributed by atoms with Crippen molar-refractivity contribution in [2.45, 2.75) is 6.92 Å². The molecule has 17 heavy (non-hydrogen) atoms. The Morgan fingerprint density at radius 1 is 1.29 bits per heavy atom. The van der Waals surface area contributed by atoms with Crippen molar-refractivity contribution in [2.24, 2.45) is 0 Å². The van der Waals surface area contributed by atoms with E-state index >= 15 is 0 Å². The average molecular weight is 228 g/mol. The van der Waals surface area contributed by atoms with Crippen molar-refractivity contribution in [3.63, 3.8) is 0 Å². The summed E-state index contributed by atoms with van der Waals surface area (Å²) in [6, 6.07) is 9.24. The largest absolute Gasteiger partial charge is 0.298 e. The molecule has 5 heteroatoms. The van der Waals surface area contributed by atoms with E-state index in [2.05, 4.69) is 20.8 Å². The van der Waals surface area contributed by atoms with Gasteiger partial charge in [-0.3, -0.25) is 15.6 Å². The number of benzene rings is 1. The standard InChI is InChI=1S/C12H12N4O/c1-9-3-2-4-10(7-9)15-16-12(17)11-5-6-13-8-14-11/h2-8,15H,1H3,(H,16,17). The lowest BCUT2D eigenvalue weighted by atomic mass is 10.2. The fourth-order valence-electron chi connectivity index (χ4n) is 1.34. The number of nitrogens with one attached hydrogen (secondary N) is 2. The molecule has 0 unspecified atom stereocenters. The maximum Gasteiger partial charge on any atom is 0.288 e. The summed E-state index contributed by atoms with van der Waals surface area (Å²) in [5, 5.41) is 0. The summed E-state index contributed by atoms with van der Waals surface area (Å²) in [7, 11) is 0. The van der Waals surface area contributed by atoms with Gasteiger partial charge in [-0.05, 0) is 30.7 Å². The number of rotatable bonds is 3. The van der Waals surface area contributed by atoms with Crippen LogP contribution in [0, 0.1) is 6.92 Å². The van der Waals surface area contributed by atoms with Gasteiger partial charge in [0.05, 0.1) is 5.69 Å². The van der Waals surface area contributed by atoms with E-state index in [0.29, 0.717) is 5.69 Å². The molecule has 0 aliphatic rings. The number of anilines is 1. The number of aryl methyl sites for hydroxylation is 1. The Hall–Kier alpha value is -2.43. The van der Waals surface area contributed by atoms with Crippen molar-refractivity contribution < 1.29 is 4.79 Å². The zero-order valence-electron chi connectivity index (χ0n) is 9.34. The Labute approximate surface area is 98.9 Å². The highest BCUT2D eigenvalue weighted by atomic mass is 16.2. The van der Waals surface area contributed by atoms with E-state index in [1.807, 2.05) is 31.2 Å². The monoisotopic (exact) mass is 228 g/mol. The van der Waals surface area contributed by atoms with Crippen LogP contribution in [0.5, 0.6) is 0 Å². The molecule has 0 saturated heterocycles. The smallest absolute Gasteiger partial charge is 0.288 e. The Balaban J connectivity index is 1.97.